The van der Waals surface area contributed by atoms with Crippen LogP contribution in [0.2, 0.25) is 0 Å². The minimum absolute atomic E-state index is 1.06. The minimum atomic E-state index is 1.06. The van der Waals surface area contributed by atoms with Gasteiger partial charge in [-0.1, -0.05) is 85.3 Å². The van der Waals surface area contributed by atoms with Crippen LogP contribution in [0.1, 0.15) is 0 Å². The molecule has 0 fully saturated rings. The van der Waals surface area contributed by atoms with Crippen LogP contribution in [0.25, 0.3) is 0 Å². The Labute approximate surface area is 299 Å². The van der Waals surface area contributed by atoms with E-state index in [4.69, 9.17) is 0 Å². The molecule has 0 atom stereocenters. The molecule has 0 bridgehead atoms. The fraction of sp³-hybridized carbons (Fsp3) is 0. The van der Waals surface area contributed by atoms with E-state index in [1.54, 1.807) is 21.6 Å². The lowest BCUT2D eigenvalue weighted by Gasteiger charge is -2.26. The Balaban J connectivity index is 1.18. The van der Waals surface area contributed by atoms with Gasteiger partial charge in [0.25, 0.3) is 0 Å². The zero-order chi connectivity index (χ0) is 30.5. The van der Waals surface area contributed by atoms with Gasteiger partial charge in [-0.15, -0.1) is 0 Å². The molecule has 8 heteroatoms. The van der Waals surface area contributed by atoms with E-state index in [1.165, 1.54) is 9.79 Å². The third-order valence-electron chi connectivity index (χ3n) is 6.76. The number of hydrogen-bond donors (Lipinski definition) is 0. The lowest BCUT2D eigenvalue weighted by atomic mass is 10.2. The second-order valence-corrected chi connectivity index (χ2v) is 15.7. The first-order chi connectivity index (χ1) is 21.4. The molecule has 0 aliphatic carbocycles. The van der Waals surface area contributed by atoms with Gasteiger partial charge in [0.1, 0.15) is 0 Å². The van der Waals surface area contributed by atoms with Gasteiger partial charge in [-0.3, -0.25) is 0 Å². The number of benzene rings is 6. The van der Waals surface area contributed by atoms with Crippen LogP contribution in [0.4, 0.5) is 34.1 Å². The van der Waals surface area contributed by atoms with E-state index >= 15 is 0 Å². The Hall–Kier alpha value is -2.46. The number of halogens is 4. The van der Waals surface area contributed by atoms with Crippen molar-refractivity contribution in [2.24, 2.45) is 0 Å². The van der Waals surface area contributed by atoms with E-state index in [1.807, 2.05) is 0 Å². The van der Waals surface area contributed by atoms with Gasteiger partial charge in [0.15, 0.2) is 0 Å². The van der Waals surface area contributed by atoms with Crippen LogP contribution < -0.4 is 9.80 Å². The smallest absolute Gasteiger partial charge is 0.0462 e. The molecule has 0 spiro atoms. The quantitative estimate of drug-likeness (QED) is 0.134. The Kier molecular flexibility index (Phi) is 10.6. The molecule has 0 saturated heterocycles. The van der Waals surface area contributed by atoms with Crippen LogP contribution in [-0.2, 0) is 0 Å². The van der Waals surface area contributed by atoms with Crippen molar-refractivity contribution < 1.29 is 0 Å². The molecule has 6 aromatic carbocycles. The number of hydrogen-bond acceptors (Lipinski definition) is 4. The Morgan fingerprint density at radius 1 is 0.273 bits per heavy atom. The largest absolute Gasteiger partial charge is 0.311 e. The molecule has 2 nitrogen and oxygen atoms in total. The molecule has 0 aromatic heterocycles. The Bertz CT molecular complexity index is 1580. The molecular weight excluding hydrogens is 844 g/mol. The van der Waals surface area contributed by atoms with E-state index in [-0.39, 0.29) is 0 Å². The molecule has 218 valence electrons. The van der Waals surface area contributed by atoms with Crippen molar-refractivity contribution in [3.05, 3.63) is 163 Å². The molecule has 6 aromatic rings. The summed E-state index contributed by atoms with van der Waals surface area (Å²) in [5.74, 6) is 0. The predicted octanol–water partition coefficient (Wildman–Crippen LogP) is 14.5. The molecule has 0 N–H and O–H groups in total. The molecule has 0 aliphatic rings. The zero-order valence-electron chi connectivity index (χ0n) is 23.1. The van der Waals surface area contributed by atoms with Crippen molar-refractivity contribution in [2.75, 3.05) is 9.80 Å². The second kappa shape index (κ2) is 14.8. The standard InChI is InChI=1S/C36H24Br4N2S2/c37-25-1-9-29(10-2-25)41(30-11-3-26(38)4-12-30)33-17-21-35(22-18-33)43-44-36-23-19-34(20-24-36)42(31-13-5-27(39)6-14-31)32-15-7-28(40)8-16-32/h1-24H. The van der Waals surface area contributed by atoms with Crippen LogP contribution in [0.15, 0.2) is 173 Å². The summed E-state index contributed by atoms with van der Waals surface area (Å²) in [5, 5.41) is 0. The van der Waals surface area contributed by atoms with Crippen molar-refractivity contribution in [3.8, 4) is 0 Å². The summed E-state index contributed by atoms with van der Waals surface area (Å²) >= 11 is 14.3. The predicted molar refractivity (Wildman–Crippen MR) is 205 cm³/mol. The topological polar surface area (TPSA) is 6.48 Å². The van der Waals surface area contributed by atoms with Crippen LogP contribution in [0.5, 0.6) is 0 Å². The highest BCUT2D eigenvalue weighted by Gasteiger charge is 2.14. The summed E-state index contributed by atoms with van der Waals surface area (Å²) in [7, 11) is 3.52. The Morgan fingerprint density at radius 3 is 0.659 bits per heavy atom. The summed E-state index contributed by atoms with van der Waals surface area (Å²) in [6.45, 7) is 0. The molecule has 0 aliphatic heterocycles. The number of nitrogens with zero attached hydrogens (tertiary/aromatic N) is 2. The molecule has 44 heavy (non-hydrogen) atoms. The van der Waals surface area contributed by atoms with Gasteiger partial charge in [-0.05, 0) is 146 Å². The van der Waals surface area contributed by atoms with E-state index in [0.717, 1.165) is 52.0 Å². The van der Waals surface area contributed by atoms with Crippen LogP contribution in [-0.4, -0.2) is 0 Å². The fourth-order valence-corrected chi connectivity index (χ4v) is 7.64. The van der Waals surface area contributed by atoms with Gasteiger partial charge >= 0.3 is 0 Å². The van der Waals surface area contributed by atoms with E-state index in [0.29, 0.717) is 0 Å². The van der Waals surface area contributed by atoms with E-state index in [2.05, 4.69) is 219 Å². The van der Waals surface area contributed by atoms with Gasteiger partial charge < -0.3 is 9.80 Å². The highest BCUT2D eigenvalue weighted by Crippen LogP contribution is 2.42. The molecule has 0 amide bonds. The lowest BCUT2D eigenvalue weighted by Crippen LogP contribution is -2.09. The average molecular weight is 868 g/mol. The van der Waals surface area contributed by atoms with Gasteiger partial charge in [-0.2, -0.15) is 0 Å². The van der Waals surface area contributed by atoms with Gasteiger partial charge in [-0.25, -0.2) is 0 Å². The van der Waals surface area contributed by atoms with Crippen LogP contribution >= 0.6 is 85.3 Å². The van der Waals surface area contributed by atoms with Crippen molar-refractivity contribution in [1.29, 1.82) is 0 Å². The first-order valence-corrected chi connectivity index (χ1v) is 18.9. The zero-order valence-corrected chi connectivity index (χ0v) is 31.1. The summed E-state index contributed by atoms with van der Waals surface area (Å²) in [5.41, 5.74) is 6.62. The van der Waals surface area contributed by atoms with Crippen molar-refractivity contribution in [3.63, 3.8) is 0 Å². The molecule has 0 heterocycles. The van der Waals surface area contributed by atoms with Crippen molar-refractivity contribution >= 4 is 119 Å². The molecule has 0 saturated carbocycles. The fourth-order valence-electron chi connectivity index (χ4n) is 4.65. The minimum Gasteiger partial charge on any atom is -0.311 e. The number of anilines is 6. The summed E-state index contributed by atoms with van der Waals surface area (Å²) in [6.07, 6.45) is 0. The lowest BCUT2D eigenvalue weighted by molar-refractivity contribution is 1.26. The average Bonchev–Trinajstić information content (AvgIpc) is 3.05. The molecule has 6 rings (SSSR count). The van der Waals surface area contributed by atoms with Crippen LogP contribution in [0.3, 0.4) is 0 Å². The first kappa shape index (κ1) is 31.5. The third-order valence-corrected chi connectivity index (χ3v) is 11.3. The number of rotatable bonds is 9. The van der Waals surface area contributed by atoms with E-state index < -0.39 is 0 Å². The normalized spacial score (nSPS) is 10.9. The SMILES string of the molecule is Brc1ccc(N(c2ccc(Br)cc2)c2ccc(SSc3ccc(N(c4ccc(Br)cc4)c4ccc(Br)cc4)cc3)cc2)cc1. The van der Waals surface area contributed by atoms with Crippen LogP contribution in [0, 0.1) is 0 Å². The van der Waals surface area contributed by atoms with Gasteiger partial charge in [0.2, 0.25) is 0 Å². The summed E-state index contributed by atoms with van der Waals surface area (Å²) in [6, 6.07) is 51.1. The monoisotopic (exact) mass is 864 g/mol. The maximum absolute atomic E-state index is 3.56. The van der Waals surface area contributed by atoms with Gasteiger partial charge in [0, 0.05) is 61.8 Å². The maximum atomic E-state index is 3.56. The molecular formula is C36H24Br4N2S2. The highest BCUT2D eigenvalue weighted by molar-refractivity contribution is 9.11. The summed E-state index contributed by atoms with van der Waals surface area (Å²) in [4.78, 5) is 6.92. The maximum Gasteiger partial charge on any atom is 0.0462 e. The van der Waals surface area contributed by atoms with E-state index in [9.17, 15) is 0 Å². The third kappa shape index (κ3) is 7.84. The first-order valence-electron chi connectivity index (χ1n) is 13.6. The molecule has 0 radical (unpaired) electrons. The van der Waals surface area contributed by atoms with Crippen molar-refractivity contribution in [1.82, 2.24) is 0 Å². The van der Waals surface area contributed by atoms with Crippen molar-refractivity contribution in [2.45, 2.75) is 9.79 Å². The second-order valence-electron chi connectivity index (χ2n) is 9.73. The Morgan fingerprint density at radius 2 is 0.455 bits per heavy atom. The highest BCUT2D eigenvalue weighted by atomic mass is 79.9. The van der Waals surface area contributed by atoms with Gasteiger partial charge in [0.05, 0.1) is 0 Å². The molecule has 0 unspecified atom stereocenters. The summed E-state index contributed by atoms with van der Waals surface area (Å²) < 4.78 is 4.23.